The number of hydrogen-bond acceptors (Lipinski definition) is 3. The van der Waals surface area contributed by atoms with Crippen molar-refractivity contribution in [3.05, 3.63) is 53.7 Å². The van der Waals surface area contributed by atoms with Gasteiger partial charge in [0, 0.05) is 24.5 Å². The lowest BCUT2D eigenvalue weighted by molar-refractivity contribution is 0.712. The molecule has 3 heteroatoms. The molecule has 0 amide bonds. The second-order valence-corrected chi connectivity index (χ2v) is 5.16. The number of pyridine rings is 1. The zero-order valence-corrected chi connectivity index (χ0v) is 11.2. The summed E-state index contributed by atoms with van der Waals surface area (Å²) in [7, 11) is 0. The molecule has 1 aliphatic rings. The molecule has 1 unspecified atom stereocenters. The Kier molecular flexibility index (Phi) is 3.11. The van der Waals surface area contributed by atoms with Gasteiger partial charge in [0.25, 0.3) is 0 Å². The quantitative estimate of drug-likeness (QED) is 0.892. The molecule has 1 aromatic carbocycles. The van der Waals surface area contributed by atoms with Crippen LogP contribution in [0.5, 0.6) is 0 Å². The molecule has 0 aliphatic carbocycles. The van der Waals surface area contributed by atoms with Crippen LogP contribution in [0.1, 0.15) is 30.0 Å². The Hall–Kier alpha value is -2.03. The van der Waals surface area contributed by atoms with Crippen molar-refractivity contribution < 1.29 is 0 Å². The molecule has 3 nitrogen and oxygen atoms in total. The average molecular weight is 253 g/mol. The summed E-state index contributed by atoms with van der Waals surface area (Å²) in [4.78, 5) is 6.91. The highest BCUT2D eigenvalue weighted by atomic mass is 15.2. The van der Waals surface area contributed by atoms with Crippen molar-refractivity contribution in [3.63, 3.8) is 0 Å². The van der Waals surface area contributed by atoms with E-state index in [2.05, 4.69) is 40.2 Å². The number of anilines is 2. The summed E-state index contributed by atoms with van der Waals surface area (Å²) in [6.07, 6.45) is 4.25. The standard InChI is InChI=1S/C16H19N3/c1-12-11-18-16(10-14(12)17)19-9-5-8-15(19)13-6-3-2-4-7-13/h2-4,6-7,10-11,15H,5,8-9H2,1H3,(H2,17,18). The zero-order valence-electron chi connectivity index (χ0n) is 11.2. The van der Waals surface area contributed by atoms with Crippen LogP contribution in [0.2, 0.25) is 0 Å². The maximum atomic E-state index is 6.01. The number of nitrogens with zero attached hydrogens (tertiary/aromatic N) is 2. The van der Waals surface area contributed by atoms with Crippen LogP contribution in [-0.2, 0) is 0 Å². The summed E-state index contributed by atoms with van der Waals surface area (Å²) in [5, 5.41) is 0. The molecule has 0 spiro atoms. The number of benzene rings is 1. The van der Waals surface area contributed by atoms with Gasteiger partial charge in [0.2, 0.25) is 0 Å². The van der Waals surface area contributed by atoms with Gasteiger partial charge in [-0.3, -0.25) is 0 Å². The topological polar surface area (TPSA) is 42.2 Å². The molecular formula is C16H19N3. The molecule has 2 heterocycles. The molecule has 0 saturated carbocycles. The zero-order chi connectivity index (χ0) is 13.2. The highest BCUT2D eigenvalue weighted by molar-refractivity contribution is 5.56. The smallest absolute Gasteiger partial charge is 0.131 e. The largest absolute Gasteiger partial charge is 0.398 e. The Morgan fingerprint density at radius 3 is 2.79 bits per heavy atom. The molecule has 1 aromatic heterocycles. The van der Waals surface area contributed by atoms with Crippen molar-refractivity contribution in [3.8, 4) is 0 Å². The van der Waals surface area contributed by atoms with Gasteiger partial charge in [-0.15, -0.1) is 0 Å². The first-order valence-electron chi connectivity index (χ1n) is 6.79. The van der Waals surface area contributed by atoms with Crippen molar-refractivity contribution in [2.45, 2.75) is 25.8 Å². The van der Waals surface area contributed by atoms with Crippen LogP contribution in [-0.4, -0.2) is 11.5 Å². The number of nitrogen functional groups attached to an aromatic ring is 1. The second kappa shape index (κ2) is 4.92. The van der Waals surface area contributed by atoms with Gasteiger partial charge in [-0.25, -0.2) is 4.98 Å². The minimum atomic E-state index is 0.427. The van der Waals surface area contributed by atoms with Gasteiger partial charge in [-0.2, -0.15) is 0 Å². The number of aromatic nitrogens is 1. The van der Waals surface area contributed by atoms with Crippen LogP contribution >= 0.6 is 0 Å². The van der Waals surface area contributed by atoms with E-state index in [9.17, 15) is 0 Å². The predicted octanol–water partition coefficient (Wildman–Crippen LogP) is 3.31. The van der Waals surface area contributed by atoms with Gasteiger partial charge < -0.3 is 10.6 Å². The van der Waals surface area contributed by atoms with E-state index in [4.69, 9.17) is 5.73 Å². The van der Waals surface area contributed by atoms with Crippen molar-refractivity contribution >= 4 is 11.5 Å². The Morgan fingerprint density at radius 1 is 1.26 bits per heavy atom. The monoisotopic (exact) mass is 253 g/mol. The molecule has 3 rings (SSSR count). The van der Waals surface area contributed by atoms with Gasteiger partial charge in [-0.1, -0.05) is 30.3 Å². The van der Waals surface area contributed by atoms with E-state index in [0.29, 0.717) is 6.04 Å². The van der Waals surface area contributed by atoms with Crippen molar-refractivity contribution in [1.29, 1.82) is 0 Å². The molecule has 1 atom stereocenters. The molecule has 2 aromatic rings. The summed E-state index contributed by atoms with van der Waals surface area (Å²) in [5.74, 6) is 0.995. The maximum absolute atomic E-state index is 6.01. The molecule has 98 valence electrons. The Balaban J connectivity index is 1.93. The summed E-state index contributed by atoms with van der Waals surface area (Å²) in [5.41, 5.74) is 9.23. The summed E-state index contributed by atoms with van der Waals surface area (Å²) < 4.78 is 0. The van der Waals surface area contributed by atoms with Crippen LogP contribution in [0.25, 0.3) is 0 Å². The molecule has 1 saturated heterocycles. The third kappa shape index (κ3) is 2.28. The molecule has 1 aliphatic heterocycles. The Morgan fingerprint density at radius 2 is 2.05 bits per heavy atom. The van der Waals surface area contributed by atoms with Crippen molar-refractivity contribution in [2.75, 3.05) is 17.2 Å². The highest BCUT2D eigenvalue weighted by Crippen LogP contribution is 2.35. The third-order valence-corrected chi connectivity index (χ3v) is 3.86. The van der Waals surface area contributed by atoms with E-state index >= 15 is 0 Å². The molecular weight excluding hydrogens is 234 g/mol. The van der Waals surface area contributed by atoms with E-state index < -0.39 is 0 Å². The minimum absolute atomic E-state index is 0.427. The van der Waals surface area contributed by atoms with Crippen LogP contribution < -0.4 is 10.6 Å². The number of aryl methyl sites for hydroxylation is 1. The van der Waals surface area contributed by atoms with Gasteiger partial charge in [0.1, 0.15) is 5.82 Å². The summed E-state index contributed by atoms with van der Waals surface area (Å²) in [6, 6.07) is 13.1. The third-order valence-electron chi connectivity index (χ3n) is 3.86. The van der Waals surface area contributed by atoms with E-state index in [1.54, 1.807) is 0 Å². The van der Waals surface area contributed by atoms with Crippen LogP contribution in [0.4, 0.5) is 11.5 Å². The minimum Gasteiger partial charge on any atom is -0.398 e. The highest BCUT2D eigenvalue weighted by Gasteiger charge is 2.26. The van der Waals surface area contributed by atoms with Gasteiger partial charge in [0.05, 0.1) is 6.04 Å². The molecule has 1 fully saturated rings. The van der Waals surface area contributed by atoms with E-state index in [-0.39, 0.29) is 0 Å². The SMILES string of the molecule is Cc1cnc(N2CCCC2c2ccccc2)cc1N. The fraction of sp³-hybridized carbons (Fsp3) is 0.312. The number of nitrogens with two attached hydrogens (primary N) is 1. The molecule has 0 radical (unpaired) electrons. The maximum Gasteiger partial charge on any atom is 0.131 e. The first kappa shape index (κ1) is 12.0. The van der Waals surface area contributed by atoms with Gasteiger partial charge >= 0.3 is 0 Å². The normalized spacial score (nSPS) is 18.8. The van der Waals surface area contributed by atoms with Crippen LogP contribution in [0, 0.1) is 6.92 Å². The molecule has 2 N–H and O–H groups in total. The first-order valence-corrected chi connectivity index (χ1v) is 6.79. The van der Waals surface area contributed by atoms with E-state index in [0.717, 1.165) is 23.6 Å². The molecule has 0 bridgehead atoms. The second-order valence-electron chi connectivity index (χ2n) is 5.16. The Labute approximate surface area is 114 Å². The first-order chi connectivity index (χ1) is 9.25. The van der Waals surface area contributed by atoms with Crippen molar-refractivity contribution in [2.24, 2.45) is 0 Å². The lowest BCUT2D eigenvalue weighted by atomic mass is 10.0. The van der Waals surface area contributed by atoms with E-state index in [1.807, 2.05) is 19.2 Å². The van der Waals surface area contributed by atoms with Crippen LogP contribution in [0.15, 0.2) is 42.6 Å². The predicted molar refractivity (Wildman–Crippen MR) is 79.1 cm³/mol. The fourth-order valence-electron chi connectivity index (χ4n) is 2.75. The fourth-order valence-corrected chi connectivity index (χ4v) is 2.75. The van der Waals surface area contributed by atoms with E-state index in [1.165, 1.54) is 18.4 Å². The number of rotatable bonds is 2. The lowest BCUT2D eigenvalue weighted by Gasteiger charge is -2.26. The summed E-state index contributed by atoms with van der Waals surface area (Å²) >= 11 is 0. The number of hydrogen-bond donors (Lipinski definition) is 1. The van der Waals surface area contributed by atoms with Gasteiger partial charge in [0.15, 0.2) is 0 Å². The summed E-state index contributed by atoms with van der Waals surface area (Å²) in [6.45, 7) is 3.04. The lowest BCUT2D eigenvalue weighted by Crippen LogP contribution is -2.23. The van der Waals surface area contributed by atoms with Crippen LogP contribution in [0.3, 0.4) is 0 Å². The van der Waals surface area contributed by atoms with Crippen molar-refractivity contribution in [1.82, 2.24) is 4.98 Å². The average Bonchev–Trinajstić information content (AvgIpc) is 2.92. The Bertz CT molecular complexity index is 565. The van der Waals surface area contributed by atoms with Gasteiger partial charge in [-0.05, 0) is 30.9 Å². The molecule has 19 heavy (non-hydrogen) atoms.